The molecule has 0 spiro atoms. The molecule has 0 unspecified atom stereocenters. The predicted molar refractivity (Wildman–Crippen MR) is 82.8 cm³/mol. The Morgan fingerprint density at radius 3 is 2.60 bits per heavy atom. The zero-order valence-corrected chi connectivity index (χ0v) is 12.3. The Morgan fingerprint density at radius 1 is 1.05 bits per heavy atom. The van der Waals surface area contributed by atoms with Crippen molar-refractivity contribution in [3.8, 4) is 0 Å². The average molecular weight is 306 g/mol. The van der Waals surface area contributed by atoms with E-state index < -0.39 is 0 Å². The number of halogens is 2. The van der Waals surface area contributed by atoms with Crippen molar-refractivity contribution in [2.75, 3.05) is 5.73 Å². The van der Waals surface area contributed by atoms with Gasteiger partial charge in [0.25, 0.3) is 0 Å². The van der Waals surface area contributed by atoms with Crippen molar-refractivity contribution in [1.82, 2.24) is 0 Å². The van der Waals surface area contributed by atoms with Gasteiger partial charge in [0.05, 0.1) is 10.0 Å². The molecule has 3 rings (SSSR count). The first-order chi connectivity index (χ1) is 9.56. The van der Waals surface area contributed by atoms with Crippen LogP contribution >= 0.6 is 23.2 Å². The number of nitrogens with two attached hydrogens (primary N) is 1. The number of fused-ring (bicyclic) bond motifs is 1. The summed E-state index contributed by atoms with van der Waals surface area (Å²) in [6.45, 7) is 0. The Morgan fingerprint density at radius 2 is 1.80 bits per heavy atom. The number of nitrogen functional groups attached to an aromatic ring is 1. The normalized spacial score (nSPS) is 13.3. The lowest BCUT2D eigenvalue weighted by Crippen LogP contribution is -2.04. The summed E-state index contributed by atoms with van der Waals surface area (Å²) in [5.41, 5.74) is 9.75. The van der Waals surface area contributed by atoms with Crippen molar-refractivity contribution >= 4 is 34.7 Å². The van der Waals surface area contributed by atoms with Crippen molar-refractivity contribution < 1.29 is 4.79 Å². The Hall–Kier alpha value is -1.51. The maximum absolute atomic E-state index is 12.6. The summed E-state index contributed by atoms with van der Waals surface area (Å²) in [5, 5.41) is 0.558. The van der Waals surface area contributed by atoms with Gasteiger partial charge in [0.2, 0.25) is 0 Å². The minimum Gasteiger partial charge on any atom is -0.399 e. The topological polar surface area (TPSA) is 43.1 Å². The first-order valence-corrected chi connectivity index (χ1v) is 7.23. The minimum absolute atomic E-state index is 0.140. The third-order valence-corrected chi connectivity index (χ3v) is 4.46. The molecule has 0 bridgehead atoms. The van der Waals surface area contributed by atoms with Crippen LogP contribution in [0.3, 0.4) is 0 Å². The average Bonchev–Trinajstić information content (AvgIpc) is 2.89. The molecule has 2 aromatic carbocycles. The molecule has 1 aliphatic carbocycles. The van der Waals surface area contributed by atoms with E-state index in [9.17, 15) is 4.79 Å². The SMILES string of the molecule is Nc1cc(Cl)c(Cl)c(C(=O)c2ccc3c(c2)CCC3)c1. The Bertz CT molecular complexity index is 710. The molecule has 2 aromatic rings. The third-order valence-electron chi connectivity index (χ3n) is 3.66. The summed E-state index contributed by atoms with van der Waals surface area (Å²) < 4.78 is 0. The standard InChI is InChI=1S/C16H13Cl2NO/c17-14-8-12(19)7-13(15(14)18)16(20)11-5-4-9-2-1-3-10(9)6-11/h4-8H,1-3,19H2. The van der Waals surface area contributed by atoms with E-state index in [2.05, 4.69) is 0 Å². The van der Waals surface area contributed by atoms with Crippen LogP contribution in [0.15, 0.2) is 30.3 Å². The van der Waals surface area contributed by atoms with Gasteiger partial charge in [-0.25, -0.2) is 0 Å². The summed E-state index contributed by atoms with van der Waals surface area (Å²) in [6, 6.07) is 8.95. The number of benzene rings is 2. The Balaban J connectivity index is 2.05. The molecule has 0 fully saturated rings. The first-order valence-electron chi connectivity index (χ1n) is 6.47. The van der Waals surface area contributed by atoms with Gasteiger partial charge in [-0.2, -0.15) is 0 Å². The summed E-state index contributed by atoms with van der Waals surface area (Å²) in [6.07, 6.45) is 3.27. The number of aryl methyl sites for hydroxylation is 2. The number of anilines is 1. The van der Waals surface area contributed by atoms with Gasteiger partial charge in [0, 0.05) is 16.8 Å². The van der Waals surface area contributed by atoms with Crippen molar-refractivity contribution in [3.05, 3.63) is 62.6 Å². The molecular formula is C16H13Cl2NO. The Kier molecular flexibility index (Phi) is 3.45. The van der Waals surface area contributed by atoms with Gasteiger partial charge in [-0.15, -0.1) is 0 Å². The number of hydrogen-bond donors (Lipinski definition) is 1. The summed E-state index contributed by atoms with van der Waals surface area (Å²) in [5.74, 6) is -0.140. The van der Waals surface area contributed by atoms with E-state index in [4.69, 9.17) is 28.9 Å². The predicted octanol–water partition coefficient (Wildman–Crippen LogP) is 4.30. The summed E-state index contributed by atoms with van der Waals surface area (Å²) in [7, 11) is 0. The molecule has 1 aliphatic rings. The third kappa shape index (κ3) is 2.30. The second-order valence-electron chi connectivity index (χ2n) is 5.03. The molecule has 0 radical (unpaired) electrons. The van der Waals surface area contributed by atoms with Gasteiger partial charge in [-0.3, -0.25) is 4.79 Å². The van der Waals surface area contributed by atoms with Gasteiger partial charge >= 0.3 is 0 Å². The van der Waals surface area contributed by atoms with Crippen molar-refractivity contribution in [1.29, 1.82) is 0 Å². The quantitative estimate of drug-likeness (QED) is 0.664. The molecule has 2 N–H and O–H groups in total. The Labute approximate surface area is 127 Å². The second-order valence-corrected chi connectivity index (χ2v) is 5.82. The molecule has 0 aromatic heterocycles. The van der Waals surface area contributed by atoms with Crippen molar-refractivity contribution in [2.24, 2.45) is 0 Å². The van der Waals surface area contributed by atoms with E-state index in [0.29, 0.717) is 21.8 Å². The maximum atomic E-state index is 12.6. The lowest BCUT2D eigenvalue weighted by molar-refractivity contribution is 0.103. The summed E-state index contributed by atoms with van der Waals surface area (Å²) in [4.78, 5) is 12.6. The van der Waals surface area contributed by atoms with E-state index in [0.717, 1.165) is 19.3 Å². The van der Waals surface area contributed by atoms with E-state index in [1.165, 1.54) is 11.1 Å². The maximum Gasteiger partial charge on any atom is 0.194 e. The second kappa shape index (κ2) is 5.12. The highest BCUT2D eigenvalue weighted by Crippen LogP contribution is 2.31. The highest BCUT2D eigenvalue weighted by atomic mass is 35.5. The fourth-order valence-corrected chi connectivity index (χ4v) is 3.07. The van der Waals surface area contributed by atoms with E-state index in [1.807, 2.05) is 18.2 Å². The molecule has 102 valence electrons. The van der Waals surface area contributed by atoms with Crippen LogP contribution in [-0.2, 0) is 12.8 Å². The van der Waals surface area contributed by atoms with Crippen LogP contribution in [0.4, 0.5) is 5.69 Å². The molecule has 0 amide bonds. The number of rotatable bonds is 2. The van der Waals surface area contributed by atoms with Crippen LogP contribution in [0, 0.1) is 0 Å². The van der Waals surface area contributed by atoms with Crippen molar-refractivity contribution in [2.45, 2.75) is 19.3 Å². The molecule has 2 nitrogen and oxygen atoms in total. The van der Waals surface area contributed by atoms with E-state index in [-0.39, 0.29) is 10.8 Å². The molecule has 20 heavy (non-hydrogen) atoms. The molecule has 4 heteroatoms. The number of carbonyl (C=O) groups is 1. The fraction of sp³-hybridized carbons (Fsp3) is 0.188. The first kappa shape index (κ1) is 13.5. The van der Waals surface area contributed by atoms with Crippen LogP contribution < -0.4 is 5.73 Å². The van der Waals surface area contributed by atoms with Gasteiger partial charge in [-0.1, -0.05) is 35.3 Å². The van der Waals surface area contributed by atoms with E-state index in [1.54, 1.807) is 12.1 Å². The van der Waals surface area contributed by atoms with Gasteiger partial charge < -0.3 is 5.73 Å². The fourth-order valence-electron chi connectivity index (χ4n) is 2.64. The number of ketones is 1. The molecule has 0 atom stereocenters. The molecule has 0 saturated carbocycles. The van der Waals surface area contributed by atoms with Crippen molar-refractivity contribution in [3.63, 3.8) is 0 Å². The van der Waals surface area contributed by atoms with Crippen LogP contribution in [0.25, 0.3) is 0 Å². The largest absolute Gasteiger partial charge is 0.399 e. The zero-order valence-electron chi connectivity index (χ0n) is 10.7. The van der Waals surface area contributed by atoms with Gasteiger partial charge in [-0.05, 0) is 48.6 Å². The lowest BCUT2D eigenvalue weighted by Gasteiger charge is -2.08. The highest BCUT2D eigenvalue weighted by Gasteiger charge is 2.18. The lowest BCUT2D eigenvalue weighted by atomic mass is 9.99. The molecule has 0 aliphatic heterocycles. The number of hydrogen-bond acceptors (Lipinski definition) is 2. The van der Waals surface area contributed by atoms with E-state index >= 15 is 0 Å². The van der Waals surface area contributed by atoms with Crippen LogP contribution in [0.1, 0.15) is 33.5 Å². The zero-order chi connectivity index (χ0) is 14.3. The van der Waals surface area contributed by atoms with Crippen LogP contribution in [0.2, 0.25) is 10.0 Å². The van der Waals surface area contributed by atoms with Gasteiger partial charge in [0.15, 0.2) is 5.78 Å². The highest BCUT2D eigenvalue weighted by molar-refractivity contribution is 6.44. The molecular weight excluding hydrogens is 293 g/mol. The minimum atomic E-state index is -0.140. The van der Waals surface area contributed by atoms with Crippen LogP contribution in [0.5, 0.6) is 0 Å². The smallest absolute Gasteiger partial charge is 0.194 e. The monoisotopic (exact) mass is 305 g/mol. The van der Waals surface area contributed by atoms with Gasteiger partial charge in [0.1, 0.15) is 0 Å². The summed E-state index contributed by atoms with van der Waals surface area (Å²) >= 11 is 12.1. The van der Waals surface area contributed by atoms with Crippen LogP contribution in [-0.4, -0.2) is 5.78 Å². The number of carbonyl (C=O) groups excluding carboxylic acids is 1. The molecule has 0 saturated heterocycles. The molecule has 0 heterocycles.